The SMILES string of the molecule is O=C(Nc1ccc(Cl)cc1)C(Cc1ccccc1)n1cccc1. The van der Waals surface area contributed by atoms with E-state index in [0.717, 1.165) is 11.3 Å². The molecular formula is C19H17ClN2O. The molecule has 1 atom stereocenters. The van der Waals surface area contributed by atoms with Gasteiger partial charge in [-0.2, -0.15) is 0 Å². The van der Waals surface area contributed by atoms with E-state index in [4.69, 9.17) is 11.6 Å². The summed E-state index contributed by atoms with van der Waals surface area (Å²) >= 11 is 5.88. The quantitative estimate of drug-likeness (QED) is 0.733. The summed E-state index contributed by atoms with van der Waals surface area (Å²) in [6.07, 6.45) is 4.46. The molecule has 1 N–H and O–H groups in total. The highest BCUT2D eigenvalue weighted by atomic mass is 35.5. The lowest BCUT2D eigenvalue weighted by Gasteiger charge is -2.19. The van der Waals surface area contributed by atoms with Crippen LogP contribution in [0.25, 0.3) is 0 Å². The third kappa shape index (κ3) is 4.02. The summed E-state index contributed by atoms with van der Waals surface area (Å²) in [6, 6.07) is 20.7. The van der Waals surface area contributed by atoms with Crippen molar-refractivity contribution in [1.29, 1.82) is 0 Å². The molecule has 1 unspecified atom stereocenters. The van der Waals surface area contributed by atoms with Crippen LogP contribution in [0.5, 0.6) is 0 Å². The number of amides is 1. The first kappa shape index (κ1) is 15.4. The first-order chi connectivity index (χ1) is 11.2. The maximum atomic E-state index is 12.7. The minimum atomic E-state index is -0.303. The number of hydrogen-bond donors (Lipinski definition) is 1. The van der Waals surface area contributed by atoms with Gasteiger partial charge in [-0.15, -0.1) is 0 Å². The highest BCUT2D eigenvalue weighted by Gasteiger charge is 2.20. The van der Waals surface area contributed by atoms with Crippen molar-refractivity contribution in [2.45, 2.75) is 12.5 Å². The standard InChI is InChI=1S/C19H17ClN2O/c20-16-8-10-17(11-9-16)21-19(23)18(22-12-4-5-13-22)14-15-6-2-1-3-7-15/h1-13,18H,14H2,(H,21,23). The maximum Gasteiger partial charge on any atom is 0.247 e. The fraction of sp³-hybridized carbons (Fsp3) is 0.105. The normalized spacial score (nSPS) is 11.9. The predicted octanol–water partition coefficient (Wildman–Crippen LogP) is 4.56. The number of nitrogens with one attached hydrogen (secondary N) is 1. The number of nitrogens with zero attached hydrogens (tertiary/aromatic N) is 1. The zero-order valence-electron chi connectivity index (χ0n) is 12.5. The van der Waals surface area contributed by atoms with E-state index in [1.807, 2.05) is 59.4 Å². The van der Waals surface area contributed by atoms with Crippen molar-refractivity contribution in [1.82, 2.24) is 4.57 Å². The average Bonchev–Trinajstić information content (AvgIpc) is 3.10. The molecule has 2 aromatic carbocycles. The van der Waals surface area contributed by atoms with Crippen LogP contribution in [0.4, 0.5) is 5.69 Å². The molecule has 0 aliphatic rings. The Labute approximate surface area is 140 Å². The van der Waals surface area contributed by atoms with Crippen molar-refractivity contribution in [3.8, 4) is 0 Å². The number of aromatic nitrogens is 1. The topological polar surface area (TPSA) is 34.0 Å². The van der Waals surface area contributed by atoms with E-state index in [2.05, 4.69) is 5.32 Å². The smallest absolute Gasteiger partial charge is 0.247 e. The number of rotatable bonds is 5. The summed E-state index contributed by atoms with van der Waals surface area (Å²) < 4.78 is 1.93. The Balaban J connectivity index is 1.80. The fourth-order valence-corrected chi connectivity index (χ4v) is 2.61. The lowest BCUT2D eigenvalue weighted by Crippen LogP contribution is -2.27. The predicted molar refractivity (Wildman–Crippen MR) is 93.7 cm³/mol. The van der Waals surface area contributed by atoms with Crippen LogP contribution >= 0.6 is 11.6 Å². The minimum Gasteiger partial charge on any atom is -0.342 e. The highest BCUT2D eigenvalue weighted by molar-refractivity contribution is 6.30. The summed E-state index contributed by atoms with van der Waals surface area (Å²) in [5.41, 5.74) is 1.86. The Morgan fingerprint density at radius 3 is 2.26 bits per heavy atom. The van der Waals surface area contributed by atoms with Crippen LogP contribution in [0.1, 0.15) is 11.6 Å². The van der Waals surface area contributed by atoms with Crippen LogP contribution in [0.3, 0.4) is 0 Å². The summed E-state index contributed by atoms with van der Waals surface area (Å²) in [6.45, 7) is 0. The van der Waals surface area contributed by atoms with E-state index in [1.54, 1.807) is 24.3 Å². The summed E-state index contributed by atoms with van der Waals surface area (Å²) in [7, 11) is 0. The zero-order chi connectivity index (χ0) is 16.1. The van der Waals surface area contributed by atoms with E-state index in [1.165, 1.54) is 0 Å². The Bertz CT molecular complexity index is 752. The van der Waals surface area contributed by atoms with Crippen molar-refractivity contribution in [2.24, 2.45) is 0 Å². The van der Waals surface area contributed by atoms with Gasteiger partial charge >= 0.3 is 0 Å². The van der Waals surface area contributed by atoms with Gasteiger partial charge in [-0.1, -0.05) is 41.9 Å². The molecule has 0 aliphatic heterocycles. The molecule has 23 heavy (non-hydrogen) atoms. The molecule has 0 spiro atoms. The van der Waals surface area contributed by atoms with Gasteiger partial charge in [-0.25, -0.2) is 0 Å². The first-order valence-corrected chi connectivity index (χ1v) is 7.83. The van der Waals surface area contributed by atoms with Gasteiger partial charge in [0.25, 0.3) is 0 Å². The second-order valence-corrected chi connectivity index (χ2v) is 5.77. The first-order valence-electron chi connectivity index (χ1n) is 7.45. The molecule has 0 saturated heterocycles. The molecule has 0 saturated carbocycles. The maximum absolute atomic E-state index is 12.7. The van der Waals surface area contributed by atoms with Crippen LogP contribution < -0.4 is 5.32 Å². The Morgan fingerprint density at radius 2 is 1.61 bits per heavy atom. The number of benzene rings is 2. The lowest BCUT2D eigenvalue weighted by molar-refractivity contribution is -0.119. The van der Waals surface area contributed by atoms with Crippen molar-refractivity contribution in [3.63, 3.8) is 0 Å². The van der Waals surface area contributed by atoms with Crippen molar-refractivity contribution >= 4 is 23.2 Å². The lowest BCUT2D eigenvalue weighted by atomic mass is 10.0. The van der Waals surface area contributed by atoms with Crippen LogP contribution in [0.15, 0.2) is 79.1 Å². The van der Waals surface area contributed by atoms with Gasteiger partial charge in [-0.05, 0) is 42.0 Å². The van der Waals surface area contributed by atoms with Gasteiger partial charge in [0.2, 0.25) is 5.91 Å². The number of carbonyl (C=O) groups is 1. The van der Waals surface area contributed by atoms with Gasteiger partial charge in [0.05, 0.1) is 0 Å². The largest absolute Gasteiger partial charge is 0.342 e. The molecule has 0 radical (unpaired) electrons. The van der Waals surface area contributed by atoms with Gasteiger partial charge in [0.1, 0.15) is 6.04 Å². The van der Waals surface area contributed by atoms with E-state index < -0.39 is 0 Å². The van der Waals surface area contributed by atoms with Crippen molar-refractivity contribution in [2.75, 3.05) is 5.32 Å². The second kappa shape index (κ2) is 7.16. The average molecular weight is 325 g/mol. The molecule has 4 heteroatoms. The number of carbonyl (C=O) groups excluding carboxylic acids is 1. The second-order valence-electron chi connectivity index (χ2n) is 5.33. The molecule has 3 aromatic rings. The summed E-state index contributed by atoms with van der Waals surface area (Å²) in [5.74, 6) is -0.0487. The molecule has 3 rings (SSSR count). The van der Waals surface area contributed by atoms with Gasteiger partial charge < -0.3 is 9.88 Å². The highest BCUT2D eigenvalue weighted by Crippen LogP contribution is 2.19. The van der Waals surface area contributed by atoms with E-state index in [0.29, 0.717) is 11.4 Å². The third-order valence-electron chi connectivity index (χ3n) is 3.67. The molecule has 0 aliphatic carbocycles. The Hall–Kier alpha value is -2.52. The molecule has 0 bridgehead atoms. The monoisotopic (exact) mass is 324 g/mol. The fourth-order valence-electron chi connectivity index (χ4n) is 2.49. The van der Waals surface area contributed by atoms with E-state index >= 15 is 0 Å². The molecule has 0 fully saturated rings. The minimum absolute atomic E-state index is 0.0487. The van der Waals surface area contributed by atoms with Crippen molar-refractivity contribution in [3.05, 3.63) is 89.7 Å². The third-order valence-corrected chi connectivity index (χ3v) is 3.93. The van der Waals surface area contributed by atoms with Gasteiger partial charge in [0, 0.05) is 29.5 Å². The van der Waals surface area contributed by atoms with Crippen molar-refractivity contribution < 1.29 is 4.79 Å². The van der Waals surface area contributed by atoms with Gasteiger partial charge in [0.15, 0.2) is 0 Å². The van der Waals surface area contributed by atoms with Crippen LogP contribution in [-0.2, 0) is 11.2 Å². The molecular weight excluding hydrogens is 308 g/mol. The number of halogens is 1. The van der Waals surface area contributed by atoms with E-state index in [-0.39, 0.29) is 11.9 Å². The van der Waals surface area contributed by atoms with E-state index in [9.17, 15) is 4.79 Å². The summed E-state index contributed by atoms with van der Waals surface area (Å²) in [5, 5.41) is 3.61. The zero-order valence-corrected chi connectivity index (χ0v) is 13.3. The molecule has 1 aromatic heterocycles. The Morgan fingerprint density at radius 1 is 0.957 bits per heavy atom. The number of anilines is 1. The molecule has 1 amide bonds. The molecule has 116 valence electrons. The summed E-state index contributed by atoms with van der Waals surface area (Å²) in [4.78, 5) is 12.7. The van der Waals surface area contributed by atoms with Crippen LogP contribution in [-0.4, -0.2) is 10.5 Å². The molecule has 1 heterocycles. The number of hydrogen-bond acceptors (Lipinski definition) is 1. The van der Waals surface area contributed by atoms with Gasteiger partial charge in [-0.3, -0.25) is 4.79 Å². The van der Waals surface area contributed by atoms with Crippen LogP contribution in [0, 0.1) is 0 Å². The van der Waals surface area contributed by atoms with Crippen LogP contribution in [0.2, 0.25) is 5.02 Å². The Kier molecular flexibility index (Phi) is 4.79. The molecule has 3 nitrogen and oxygen atoms in total.